The minimum absolute atomic E-state index is 0.107. The largest absolute Gasteiger partial charge is 0.489 e. The van der Waals surface area contributed by atoms with Gasteiger partial charge in [0.25, 0.3) is 0 Å². The fourth-order valence-corrected chi connectivity index (χ4v) is 4.75. The molecule has 2 aromatic heterocycles. The van der Waals surface area contributed by atoms with Crippen LogP contribution in [-0.4, -0.2) is 50.2 Å². The van der Waals surface area contributed by atoms with Gasteiger partial charge in [0.05, 0.1) is 17.5 Å². The molecule has 0 saturated heterocycles. The first-order valence-corrected chi connectivity index (χ1v) is 12.0. The molecule has 2 aliphatic rings. The Morgan fingerprint density at radius 2 is 1.78 bits per heavy atom. The Hall–Kier alpha value is -2.64. The number of hydrogen-bond acceptors (Lipinski definition) is 6. The van der Waals surface area contributed by atoms with Gasteiger partial charge in [0.15, 0.2) is 0 Å². The lowest BCUT2D eigenvalue weighted by Crippen LogP contribution is -2.38. The quantitative estimate of drug-likeness (QED) is 0.640. The van der Waals surface area contributed by atoms with Crippen molar-refractivity contribution < 1.29 is 14.3 Å². The van der Waals surface area contributed by atoms with Crippen LogP contribution in [0.3, 0.4) is 0 Å². The molecule has 2 aromatic rings. The third kappa shape index (κ3) is 5.22. The maximum Gasteiger partial charge on any atom is 0.410 e. The van der Waals surface area contributed by atoms with Crippen LogP contribution in [0.15, 0.2) is 12.1 Å². The second-order valence-corrected chi connectivity index (χ2v) is 9.12. The van der Waals surface area contributed by atoms with E-state index < -0.39 is 0 Å². The molecule has 174 valence electrons. The summed E-state index contributed by atoms with van der Waals surface area (Å²) in [5.41, 5.74) is 2.90. The average Bonchev–Trinajstić information content (AvgIpc) is 3.19. The molecule has 2 aliphatic carbocycles. The van der Waals surface area contributed by atoms with E-state index in [9.17, 15) is 4.79 Å². The van der Waals surface area contributed by atoms with Crippen LogP contribution in [0.4, 0.5) is 4.79 Å². The molecule has 0 aromatic carbocycles. The zero-order valence-corrected chi connectivity index (χ0v) is 19.5. The van der Waals surface area contributed by atoms with Crippen LogP contribution in [0.2, 0.25) is 0 Å². The summed E-state index contributed by atoms with van der Waals surface area (Å²) in [5, 5.41) is 8.43. The van der Waals surface area contributed by atoms with Gasteiger partial charge in [-0.2, -0.15) is 0 Å². The van der Waals surface area contributed by atoms with E-state index in [0.717, 1.165) is 42.8 Å². The van der Waals surface area contributed by atoms with E-state index in [1.807, 2.05) is 26.1 Å². The van der Waals surface area contributed by atoms with Crippen LogP contribution in [0, 0.1) is 6.92 Å². The van der Waals surface area contributed by atoms with Crippen molar-refractivity contribution in [1.29, 1.82) is 0 Å². The third-order valence-electron chi connectivity index (χ3n) is 6.81. The number of hydrogen-bond donors (Lipinski definition) is 0. The Morgan fingerprint density at radius 3 is 2.47 bits per heavy atom. The van der Waals surface area contributed by atoms with Crippen LogP contribution >= 0.6 is 0 Å². The number of ether oxygens (including phenoxy) is 2. The van der Waals surface area contributed by atoms with Crippen LogP contribution in [0.5, 0.6) is 5.75 Å². The molecule has 1 amide bonds. The lowest BCUT2D eigenvalue weighted by atomic mass is 9.95. The number of rotatable bonds is 6. The Bertz CT molecular complexity index is 916. The molecule has 2 saturated carbocycles. The number of carbonyl (C=O) groups excluding carboxylic acids is 1. The van der Waals surface area contributed by atoms with E-state index in [2.05, 4.69) is 10.3 Å². The number of aromatic nitrogens is 4. The van der Waals surface area contributed by atoms with E-state index >= 15 is 0 Å². The minimum atomic E-state index is -0.301. The first-order valence-electron chi connectivity index (χ1n) is 12.0. The monoisotopic (exact) mass is 441 g/mol. The number of nitrogens with zero attached hydrogens (tertiary/aromatic N) is 5. The van der Waals surface area contributed by atoms with Crippen molar-refractivity contribution in [2.75, 3.05) is 7.05 Å². The third-order valence-corrected chi connectivity index (χ3v) is 6.81. The summed E-state index contributed by atoms with van der Waals surface area (Å²) in [4.78, 5) is 19.1. The molecule has 0 aliphatic heterocycles. The highest BCUT2D eigenvalue weighted by Crippen LogP contribution is 2.28. The van der Waals surface area contributed by atoms with Gasteiger partial charge < -0.3 is 14.4 Å². The van der Waals surface area contributed by atoms with Crippen LogP contribution in [0.25, 0.3) is 11.4 Å². The first kappa shape index (κ1) is 22.6. The molecule has 0 spiro atoms. The molecule has 4 rings (SSSR count). The lowest BCUT2D eigenvalue weighted by molar-refractivity contribution is 0.0818. The SMILES string of the molecule is Cc1nc(-c2nnn(C)c2COC(=O)N(C)C2CCCCC2)ccc1OC1CCCCC1. The predicted molar refractivity (Wildman–Crippen MR) is 121 cm³/mol. The number of pyridine rings is 1. The molecule has 2 fully saturated rings. The molecular weight excluding hydrogens is 406 g/mol. The zero-order chi connectivity index (χ0) is 22.5. The Balaban J connectivity index is 1.42. The highest BCUT2D eigenvalue weighted by atomic mass is 16.6. The molecular formula is C24H35N5O3. The van der Waals surface area contributed by atoms with Crippen molar-refractivity contribution >= 4 is 6.09 Å². The van der Waals surface area contributed by atoms with E-state index in [4.69, 9.17) is 14.5 Å². The summed E-state index contributed by atoms with van der Waals surface area (Å²) in [6.07, 6.45) is 11.6. The standard InChI is InChI=1S/C24H35N5O3/c1-17-22(32-19-12-8-5-9-13-19)15-14-20(25-17)23-21(29(3)27-26-23)16-31-24(30)28(2)18-10-6-4-7-11-18/h14-15,18-19H,4-13,16H2,1-3H3. The topological polar surface area (TPSA) is 82.4 Å². The van der Waals surface area contributed by atoms with Crippen molar-refractivity contribution in [3.8, 4) is 17.1 Å². The van der Waals surface area contributed by atoms with Crippen molar-refractivity contribution in [2.24, 2.45) is 7.05 Å². The first-order chi connectivity index (χ1) is 15.5. The van der Waals surface area contributed by atoms with Gasteiger partial charge in [0.2, 0.25) is 0 Å². The number of carbonyl (C=O) groups is 1. The second-order valence-electron chi connectivity index (χ2n) is 9.12. The van der Waals surface area contributed by atoms with Gasteiger partial charge in [-0.3, -0.25) is 0 Å². The molecule has 0 radical (unpaired) electrons. The van der Waals surface area contributed by atoms with E-state index in [1.54, 1.807) is 16.6 Å². The molecule has 0 unspecified atom stereocenters. The van der Waals surface area contributed by atoms with Crippen molar-refractivity contribution in [3.05, 3.63) is 23.5 Å². The van der Waals surface area contributed by atoms with E-state index in [0.29, 0.717) is 11.4 Å². The van der Waals surface area contributed by atoms with Crippen molar-refractivity contribution in [1.82, 2.24) is 24.9 Å². The lowest BCUT2D eigenvalue weighted by Gasteiger charge is -2.30. The maximum absolute atomic E-state index is 12.6. The second kappa shape index (κ2) is 10.3. The Morgan fingerprint density at radius 1 is 1.09 bits per heavy atom. The molecule has 0 atom stereocenters. The summed E-state index contributed by atoms with van der Waals surface area (Å²) in [6.45, 7) is 2.06. The molecule has 0 N–H and O–H groups in total. The normalized spacial score (nSPS) is 17.8. The summed E-state index contributed by atoms with van der Waals surface area (Å²) in [5.74, 6) is 0.826. The van der Waals surface area contributed by atoms with Gasteiger partial charge in [-0.05, 0) is 57.6 Å². The predicted octanol–water partition coefficient (Wildman–Crippen LogP) is 4.80. The highest BCUT2D eigenvalue weighted by molar-refractivity contribution is 5.68. The van der Waals surface area contributed by atoms with E-state index in [1.165, 1.54) is 38.5 Å². The minimum Gasteiger partial charge on any atom is -0.489 e. The summed E-state index contributed by atoms with van der Waals surface area (Å²) < 4.78 is 13.5. The number of amides is 1. The summed E-state index contributed by atoms with van der Waals surface area (Å²) in [7, 11) is 3.63. The Labute approximate surface area is 190 Å². The summed E-state index contributed by atoms with van der Waals surface area (Å²) in [6, 6.07) is 4.14. The molecule has 8 nitrogen and oxygen atoms in total. The van der Waals surface area contributed by atoms with Crippen LogP contribution in [-0.2, 0) is 18.4 Å². The molecule has 32 heavy (non-hydrogen) atoms. The smallest absolute Gasteiger partial charge is 0.410 e. The average molecular weight is 442 g/mol. The fraction of sp³-hybridized carbons (Fsp3) is 0.667. The number of aryl methyl sites for hydroxylation is 2. The van der Waals surface area contributed by atoms with Crippen LogP contribution in [0.1, 0.15) is 75.6 Å². The fourth-order valence-electron chi connectivity index (χ4n) is 4.75. The Kier molecular flexibility index (Phi) is 7.27. The molecule has 0 bridgehead atoms. The van der Waals surface area contributed by atoms with Gasteiger partial charge in [0, 0.05) is 20.1 Å². The molecule has 8 heteroatoms. The highest BCUT2D eigenvalue weighted by Gasteiger charge is 2.24. The van der Waals surface area contributed by atoms with Gasteiger partial charge in [-0.25, -0.2) is 14.5 Å². The maximum atomic E-state index is 12.6. The van der Waals surface area contributed by atoms with Crippen molar-refractivity contribution in [3.63, 3.8) is 0 Å². The van der Waals surface area contributed by atoms with Gasteiger partial charge in [-0.1, -0.05) is 30.9 Å². The van der Waals surface area contributed by atoms with E-state index in [-0.39, 0.29) is 24.8 Å². The van der Waals surface area contributed by atoms with Crippen molar-refractivity contribution in [2.45, 2.75) is 89.9 Å². The van der Waals surface area contributed by atoms with Gasteiger partial charge >= 0.3 is 6.09 Å². The molecule has 2 heterocycles. The van der Waals surface area contributed by atoms with Gasteiger partial charge in [-0.15, -0.1) is 5.10 Å². The van der Waals surface area contributed by atoms with Gasteiger partial charge in [0.1, 0.15) is 23.7 Å². The summed E-state index contributed by atoms with van der Waals surface area (Å²) >= 11 is 0. The zero-order valence-electron chi connectivity index (χ0n) is 19.5. The van der Waals surface area contributed by atoms with Crippen LogP contribution < -0.4 is 4.74 Å².